The van der Waals surface area contributed by atoms with E-state index >= 15 is 0 Å². The summed E-state index contributed by atoms with van der Waals surface area (Å²) in [5.74, 6) is 0.834. The molecule has 0 saturated carbocycles. The highest BCUT2D eigenvalue weighted by atomic mass is 16.5. The van der Waals surface area contributed by atoms with Gasteiger partial charge in [-0.15, -0.1) is 0 Å². The Labute approximate surface area is 244 Å². The molecule has 6 rings (SSSR count). The maximum absolute atomic E-state index is 12.7. The van der Waals surface area contributed by atoms with E-state index in [2.05, 4.69) is 69.1 Å². The molecule has 2 aliphatic rings. The number of fused-ring (bicyclic) bond motifs is 3. The summed E-state index contributed by atoms with van der Waals surface area (Å²) in [6, 6.07) is 23.4. The van der Waals surface area contributed by atoms with Crippen molar-refractivity contribution < 1.29 is 9.53 Å². The minimum atomic E-state index is -0.00533. The zero-order valence-electron chi connectivity index (χ0n) is 24.5. The topological polar surface area (TPSA) is 49.7 Å². The quantitative estimate of drug-likeness (QED) is 0.259. The zero-order valence-corrected chi connectivity index (χ0v) is 24.5. The number of nitrogens with zero attached hydrogens (tertiary/aromatic N) is 3. The van der Waals surface area contributed by atoms with Crippen LogP contribution in [-0.2, 0) is 13.1 Å². The Hall–Kier alpha value is -3.35. The monoisotopic (exact) mass is 552 g/mol. The third-order valence-electron chi connectivity index (χ3n) is 8.85. The molecule has 2 saturated heterocycles. The number of carbonyl (C=O) groups excluding carboxylic acids is 1. The molecular formula is C35H44N4O2. The summed E-state index contributed by atoms with van der Waals surface area (Å²) in [4.78, 5) is 17.7. The van der Waals surface area contributed by atoms with Crippen LogP contribution in [0.25, 0.3) is 21.8 Å². The number of rotatable bonds is 9. The van der Waals surface area contributed by atoms with Crippen molar-refractivity contribution in [3.63, 3.8) is 0 Å². The fraction of sp³-hybridized carbons (Fsp3) is 0.457. The van der Waals surface area contributed by atoms with Crippen molar-refractivity contribution in [3.8, 4) is 5.75 Å². The number of nitrogens with one attached hydrogen (secondary N) is 1. The minimum Gasteiger partial charge on any atom is -0.489 e. The van der Waals surface area contributed by atoms with Gasteiger partial charge in [-0.1, -0.05) is 37.1 Å². The molecular weight excluding hydrogens is 508 g/mol. The van der Waals surface area contributed by atoms with E-state index in [0.717, 1.165) is 64.4 Å². The molecule has 41 heavy (non-hydrogen) atoms. The van der Waals surface area contributed by atoms with Gasteiger partial charge in [0.2, 0.25) is 0 Å². The first kappa shape index (κ1) is 27.8. The van der Waals surface area contributed by atoms with Gasteiger partial charge in [-0.3, -0.25) is 9.69 Å². The summed E-state index contributed by atoms with van der Waals surface area (Å²) in [6.07, 6.45) is 7.54. The van der Waals surface area contributed by atoms with Crippen LogP contribution in [-0.4, -0.2) is 65.6 Å². The third kappa shape index (κ3) is 6.60. The number of para-hydroxylation sites is 1. The molecule has 1 unspecified atom stereocenters. The van der Waals surface area contributed by atoms with Crippen LogP contribution >= 0.6 is 0 Å². The maximum Gasteiger partial charge on any atom is 0.251 e. The molecule has 216 valence electrons. The van der Waals surface area contributed by atoms with E-state index in [1.165, 1.54) is 53.1 Å². The fourth-order valence-corrected chi connectivity index (χ4v) is 6.72. The highest BCUT2D eigenvalue weighted by molar-refractivity contribution is 6.08. The first-order valence-electron chi connectivity index (χ1n) is 15.7. The van der Waals surface area contributed by atoms with Gasteiger partial charge in [-0.2, -0.15) is 0 Å². The molecule has 1 atom stereocenters. The molecule has 0 radical (unpaired) electrons. The van der Waals surface area contributed by atoms with Gasteiger partial charge < -0.3 is 19.5 Å². The molecule has 2 fully saturated rings. The zero-order chi connectivity index (χ0) is 28.0. The van der Waals surface area contributed by atoms with Gasteiger partial charge in [0.15, 0.2) is 0 Å². The van der Waals surface area contributed by atoms with Gasteiger partial charge in [0.05, 0.1) is 0 Å². The van der Waals surface area contributed by atoms with Gasteiger partial charge in [0.1, 0.15) is 11.9 Å². The molecule has 0 spiro atoms. The van der Waals surface area contributed by atoms with Crippen LogP contribution in [0.2, 0.25) is 0 Å². The lowest BCUT2D eigenvalue weighted by Crippen LogP contribution is -2.40. The number of carbonyl (C=O) groups is 1. The fourth-order valence-electron chi connectivity index (χ4n) is 6.72. The number of benzene rings is 3. The predicted molar refractivity (Wildman–Crippen MR) is 168 cm³/mol. The van der Waals surface area contributed by atoms with Crippen LogP contribution in [0.1, 0.15) is 61.4 Å². The van der Waals surface area contributed by atoms with Crippen LogP contribution in [0.5, 0.6) is 5.75 Å². The SMILES string of the molecule is CCn1c2ccccc2c2cc(CN3CCCC(Oc4ccc(C(=O)NCCN5CCCCCC5)cc4)C3)ccc21. The second kappa shape index (κ2) is 13.1. The summed E-state index contributed by atoms with van der Waals surface area (Å²) < 4.78 is 8.80. The lowest BCUT2D eigenvalue weighted by molar-refractivity contribution is 0.0843. The second-order valence-corrected chi connectivity index (χ2v) is 11.8. The van der Waals surface area contributed by atoms with E-state index in [0.29, 0.717) is 12.1 Å². The average molecular weight is 553 g/mol. The van der Waals surface area contributed by atoms with E-state index in [9.17, 15) is 4.79 Å². The summed E-state index contributed by atoms with van der Waals surface area (Å²) in [6.45, 7) is 10.0. The van der Waals surface area contributed by atoms with E-state index in [1.54, 1.807) is 0 Å². The molecule has 3 aromatic carbocycles. The van der Waals surface area contributed by atoms with Crippen molar-refractivity contribution in [1.29, 1.82) is 0 Å². The van der Waals surface area contributed by atoms with Gasteiger partial charge in [-0.25, -0.2) is 0 Å². The smallest absolute Gasteiger partial charge is 0.251 e. The molecule has 3 heterocycles. The number of ether oxygens (including phenoxy) is 1. The first-order valence-corrected chi connectivity index (χ1v) is 15.7. The summed E-state index contributed by atoms with van der Waals surface area (Å²) in [5.41, 5.74) is 4.67. The molecule has 6 heteroatoms. The predicted octanol–water partition coefficient (Wildman–Crippen LogP) is 6.46. The molecule has 1 amide bonds. The van der Waals surface area contributed by atoms with Crippen LogP contribution in [0, 0.1) is 0 Å². The maximum atomic E-state index is 12.7. The normalized spacial score (nSPS) is 18.9. The van der Waals surface area contributed by atoms with Crippen LogP contribution in [0.15, 0.2) is 66.7 Å². The van der Waals surface area contributed by atoms with Gasteiger partial charge >= 0.3 is 0 Å². The second-order valence-electron chi connectivity index (χ2n) is 11.8. The Balaban J connectivity index is 1.02. The number of aryl methyl sites for hydroxylation is 1. The average Bonchev–Trinajstić information content (AvgIpc) is 3.11. The molecule has 0 aliphatic carbocycles. The van der Waals surface area contributed by atoms with Crippen LogP contribution in [0.4, 0.5) is 0 Å². The van der Waals surface area contributed by atoms with E-state index in [4.69, 9.17) is 4.74 Å². The largest absolute Gasteiger partial charge is 0.489 e. The lowest BCUT2D eigenvalue weighted by atomic mass is 10.1. The van der Waals surface area contributed by atoms with Crippen molar-refractivity contribution in [3.05, 3.63) is 77.9 Å². The Bertz CT molecular complexity index is 1450. The standard InChI is InChI=1S/C35H44N4O2/c1-2-39-33-12-6-5-11-31(33)32-24-27(13-18-34(32)39)25-38-22-9-10-30(26-38)41-29-16-14-28(15-17-29)35(40)36-19-23-37-20-7-3-4-8-21-37/h5-6,11-18,24,30H,2-4,7-10,19-23,25-26H2,1H3,(H,36,40). The third-order valence-corrected chi connectivity index (χ3v) is 8.85. The summed E-state index contributed by atoms with van der Waals surface area (Å²) in [5, 5.41) is 5.77. The van der Waals surface area contributed by atoms with Gasteiger partial charge in [-0.05, 0) is 100 Å². The number of aromatic nitrogens is 1. The molecule has 0 bridgehead atoms. The van der Waals surface area contributed by atoms with Crippen molar-refractivity contribution in [2.75, 3.05) is 39.3 Å². The summed E-state index contributed by atoms with van der Waals surface area (Å²) in [7, 11) is 0. The minimum absolute atomic E-state index is 0.00533. The summed E-state index contributed by atoms with van der Waals surface area (Å²) >= 11 is 0. The number of hydrogen-bond acceptors (Lipinski definition) is 4. The molecule has 6 nitrogen and oxygen atoms in total. The highest BCUT2D eigenvalue weighted by Gasteiger charge is 2.22. The molecule has 2 aliphatic heterocycles. The number of hydrogen-bond donors (Lipinski definition) is 1. The molecule has 1 N–H and O–H groups in total. The Morgan fingerprint density at radius 2 is 1.61 bits per heavy atom. The molecule has 4 aromatic rings. The Morgan fingerprint density at radius 3 is 2.41 bits per heavy atom. The van der Waals surface area contributed by atoms with E-state index < -0.39 is 0 Å². The van der Waals surface area contributed by atoms with Crippen molar-refractivity contribution in [2.45, 2.75) is 64.6 Å². The van der Waals surface area contributed by atoms with Crippen molar-refractivity contribution >= 4 is 27.7 Å². The molecule has 1 aromatic heterocycles. The first-order chi connectivity index (χ1) is 20.2. The Morgan fingerprint density at radius 1 is 0.854 bits per heavy atom. The van der Waals surface area contributed by atoms with Crippen LogP contribution in [0.3, 0.4) is 0 Å². The highest BCUT2D eigenvalue weighted by Crippen LogP contribution is 2.30. The number of amides is 1. The van der Waals surface area contributed by atoms with Crippen LogP contribution < -0.4 is 10.1 Å². The van der Waals surface area contributed by atoms with Crippen molar-refractivity contribution in [1.82, 2.24) is 19.7 Å². The van der Waals surface area contributed by atoms with E-state index in [1.807, 2.05) is 24.3 Å². The van der Waals surface area contributed by atoms with Gasteiger partial charge in [0.25, 0.3) is 5.91 Å². The lowest BCUT2D eigenvalue weighted by Gasteiger charge is -2.33. The van der Waals surface area contributed by atoms with E-state index in [-0.39, 0.29) is 12.0 Å². The Kier molecular flexibility index (Phi) is 8.88. The number of piperidine rings is 1. The van der Waals surface area contributed by atoms with Gasteiger partial charge in [0, 0.05) is 60.1 Å². The van der Waals surface area contributed by atoms with Crippen molar-refractivity contribution in [2.24, 2.45) is 0 Å². The number of likely N-dealkylation sites (tertiary alicyclic amines) is 2.